The lowest BCUT2D eigenvalue weighted by Crippen LogP contribution is -2.22. The fraction of sp³-hybridized carbons (Fsp3) is 0.125. The smallest absolute Gasteiger partial charge is 0.0888 e. The Labute approximate surface area is 117 Å². The molecule has 0 aromatic heterocycles. The number of halogens is 1. The summed E-state index contributed by atoms with van der Waals surface area (Å²) in [6.07, 6.45) is 1.90. The molecule has 0 bridgehead atoms. The third kappa shape index (κ3) is 3.15. The number of hydrogen-bond donors (Lipinski definition) is 0. The minimum absolute atomic E-state index is 0.787. The highest BCUT2D eigenvalue weighted by molar-refractivity contribution is 9.10. The van der Waals surface area contributed by atoms with Gasteiger partial charge in [0.2, 0.25) is 0 Å². The van der Waals surface area contributed by atoms with Crippen LogP contribution in [0.5, 0.6) is 0 Å². The number of nitrogens with zero attached hydrogens (tertiary/aromatic N) is 1. The molecule has 2 rings (SSSR count). The minimum atomic E-state index is 0.787. The van der Waals surface area contributed by atoms with Gasteiger partial charge in [-0.3, -0.25) is 0 Å². The monoisotopic (exact) mass is 299 g/mol. The fourth-order valence-corrected chi connectivity index (χ4v) is 2.18. The Bertz CT molecular complexity index is 508. The third-order valence-corrected chi connectivity index (χ3v) is 3.42. The molecule has 0 aliphatic heterocycles. The van der Waals surface area contributed by atoms with Gasteiger partial charge in [-0.05, 0) is 29.8 Å². The van der Waals surface area contributed by atoms with Gasteiger partial charge in [-0.15, -0.1) is 6.58 Å². The van der Waals surface area contributed by atoms with Gasteiger partial charge in [0.25, 0.3) is 0 Å². The Morgan fingerprint density at radius 3 is 2.72 bits per heavy atom. The molecule has 1 nitrogen and oxygen atoms in total. The molecule has 0 saturated heterocycles. The quantitative estimate of drug-likeness (QED) is 0.746. The van der Waals surface area contributed by atoms with E-state index in [2.05, 4.69) is 51.7 Å². The van der Waals surface area contributed by atoms with E-state index in [9.17, 15) is 0 Å². The maximum Gasteiger partial charge on any atom is 0.0888 e. The van der Waals surface area contributed by atoms with E-state index >= 15 is 0 Å². The number of anilines is 1. The molecular formula is C16H14BrN. The Balaban J connectivity index is 2.22. The van der Waals surface area contributed by atoms with Gasteiger partial charge in [-0.25, -0.2) is 0 Å². The van der Waals surface area contributed by atoms with Crippen LogP contribution in [0.25, 0.3) is 0 Å². The van der Waals surface area contributed by atoms with Crippen LogP contribution in [0, 0.1) is 12.1 Å². The maximum atomic E-state index is 3.81. The van der Waals surface area contributed by atoms with Gasteiger partial charge in [0, 0.05) is 17.6 Å². The molecule has 2 aromatic carbocycles. The molecule has 90 valence electrons. The van der Waals surface area contributed by atoms with E-state index in [1.54, 1.807) is 0 Å². The Morgan fingerprint density at radius 2 is 2.06 bits per heavy atom. The summed E-state index contributed by atoms with van der Waals surface area (Å²) < 4.78 is 1.12. The van der Waals surface area contributed by atoms with Crippen molar-refractivity contribution in [2.75, 3.05) is 11.4 Å². The molecule has 2 heteroatoms. The molecule has 0 saturated carbocycles. The largest absolute Gasteiger partial charge is 0.357 e. The van der Waals surface area contributed by atoms with E-state index < -0.39 is 0 Å². The molecule has 0 amide bonds. The van der Waals surface area contributed by atoms with E-state index in [1.165, 1.54) is 5.56 Å². The topological polar surface area (TPSA) is 3.24 Å². The number of hydrogen-bond acceptors (Lipinski definition) is 1. The van der Waals surface area contributed by atoms with Crippen LogP contribution in [0.2, 0.25) is 0 Å². The van der Waals surface area contributed by atoms with Crippen molar-refractivity contribution in [2.45, 2.75) is 6.54 Å². The van der Waals surface area contributed by atoms with Crippen molar-refractivity contribution in [3.8, 4) is 0 Å². The molecule has 0 fully saturated rings. The minimum Gasteiger partial charge on any atom is -0.357 e. The molecule has 0 aliphatic carbocycles. The summed E-state index contributed by atoms with van der Waals surface area (Å²) in [5, 5.41) is 0. The van der Waals surface area contributed by atoms with Crippen molar-refractivity contribution in [2.24, 2.45) is 0 Å². The summed E-state index contributed by atoms with van der Waals surface area (Å²) in [7, 11) is 0. The van der Waals surface area contributed by atoms with Crippen LogP contribution in [0.1, 0.15) is 5.56 Å². The summed E-state index contributed by atoms with van der Waals surface area (Å²) in [4.78, 5) is 2.21. The number of rotatable bonds is 5. The standard InChI is InChI=1S/C16H14BrN/c1-2-12-18(15-9-4-3-5-10-15)13-14-8-6-7-11-16(14)17/h2-4,6-9,11H,1,12-13H2. The molecular weight excluding hydrogens is 286 g/mol. The normalized spacial score (nSPS) is 9.61. The predicted molar refractivity (Wildman–Crippen MR) is 79.5 cm³/mol. The Morgan fingerprint density at radius 1 is 1.22 bits per heavy atom. The third-order valence-electron chi connectivity index (χ3n) is 2.64. The zero-order valence-corrected chi connectivity index (χ0v) is 11.7. The van der Waals surface area contributed by atoms with Gasteiger partial charge >= 0.3 is 0 Å². The summed E-state index contributed by atoms with van der Waals surface area (Å²) >= 11 is 3.58. The van der Waals surface area contributed by atoms with Gasteiger partial charge in [0.15, 0.2) is 0 Å². The lowest BCUT2D eigenvalue weighted by molar-refractivity contribution is 0.865. The van der Waals surface area contributed by atoms with Crippen LogP contribution >= 0.6 is 15.9 Å². The second-order valence-electron chi connectivity index (χ2n) is 3.94. The van der Waals surface area contributed by atoms with E-state index in [4.69, 9.17) is 0 Å². The average Bonchev–Trinajstić information content (AvgIpc) is 2.42. The molecule has 0 spiro atoms. The first-order valence-corrected chi connectivity index (χ1v) is 6.58. The van der Waals surface area contributed by atoms with Crippen molar-refractivity contribution in [1.82, 2.24) is 0 Å². The molecule has 0 heterocycles. The van der Waals surface area contributed by atoms with Crippen LogP contribution in [-0.2, 0) is 6.54 Å². The molecule has 2 aromatic rings. The summed E-state index contributed by atoms with van der Waals surface area (Å²) in [5.41, 5.74) is 2.28. The zero-order chi connectivity index (χ0) is 12.8. The van der Waals surface area contributed by atoms with Crippen LogP contribution in [0.15, 0.2) is 59.6 Å². The second-order valence-corrected chi connectivity index (χ2v) is 4.80. The first-order chi connectivity index (χ1) is 8.81. The van der Waals surface area contributed by atoms with E-state index in [1.807, 2.05) is 36.4 Å². The lowest BCUT2D eigenvalue weighted by Gasteiger charge is -2.22. The van der Waals surface area contributed by atoms with Crippen molar-refractivity contribution in [3.63, 3.8) is 0 Å². The summed E-state index contributed by atoms with van der Waals surface area (Å²) in [6.45, 7) is 5.42. The zero-order valence-electron chi connectivity index (χ0n) is 10.1. The van der Waals surface area contributed by atoms with E-state index in [0.717, 1.165) is 23.2 Å². The first kappa shape index (κ1) is 12.7. The van der Waals surface area contributed by atoms with E-state index in [-0.39, 0.29) is 0 Å². The van der Waals surface area contributed by atoms with Crippen molar-refractivity contribution in [1.29, 1.82) is 0 Å². The van der Waals surface area contributed by atoms with Crippen LogP contribution in [0.3, 0.4) is 0 Å². The van der Waals surface area contributed by atoms with Gasteiger partial charge in [-0.2, -0.15) is 0 Å². The van der Waals surface area contributed by atoms with Crippen molar-refractivity contribution in [3.05, 3.63) is 77.3 Å². The highest BCUT2D eigenvalue weighted by Gasteiger charge is 2.07. The second kappa shape index (κ2) is 6.28. The number of benzene rings is 1. The highest BCUT2D eigenvalue weighted by Crippen LogP contribution is 2.20. The molecule has 0 aliphatic rings. The predicted octanol–water partition coefficient (Wildman–Crippen LogP) is 4.24. The SMILES string of the molecule is C=CCN(Cc1ccccc1Br)c1c#cccc1. The average molecular weight is 300 g/mol. The molecule has 0 atom stereocenters. The van der Waals surface area contributed by atoms with Crippen molar-refractivity contribution < 1.29 is 0 Å². The van der Waals surface area contributed by atoms with Gasteiger partial charge in [0.05, 0.1) is 5.69 Å². The van der Waals surface area contributed by atoms with Crippen LogP contribution in [0.4, 0.5) is 5.69 Å². The summed E-state index contributed by atoms with van der Waals surface area (Å²) in [6, 6.07) is 20.2. The van der Waals surface area contributed by atoms with Gasteiger partial charge < -0.3 is 4.90 Å². The van der Waals surface area contributed by atoms with Gasteiger partial charge in [-0.1, -0.05) is 52.3 Å². The Hall–Kier alpha value is -1.72. The fourth-order valence-electron chi connectivity index (χ4n) is 1.77. The van der Waals surface area contributed by atoms with E-state index in [0.29, 0.717) is 0 Å². The van der Waals surface area contributed by atoms with Gasteiger partial charge in [0.1, 0.15) is 0 Å². The van der Waals surface area contributed by atoms with Crippen LogP contribution < -0.4 is 4.90 Å². The molecule has 18 heavy (non-hydrogen) atoms. The Kier molecular flexibility index (Phi) is 4.44. The molecule has 0 N–H and O–H groups in total. The maximum absolute atomic E-state index is 3.81. The lowest BCUT2D eigenvalue weighted by atomic mass is 10.2. The van der Waals surface area contributed by atoms with Crippen molar-refractivity contribution >= 4 is 21.6 Å². The van der Waals surface area contributed by atoms with Crippen LogP contribution in [-0.4, -0.2) is 6.54 Å². The molecule has 0 radical (unpaired) electrons. The first-order valence-electron chi connectivity index (χ1n) is 5.79. The molecule has 0 unspecified atom stereocenters. The highest BCUT2D eigenvalue weighted by atomic mass is 79.9. The summed E-state index contributed by atoms with van der Waals surface area (Å²) in [5.74, 6) is 0.